The smallest absolute Gasteiger partial charge is 0.374 e. The standard InChI is InChI=1S/C36H51FN4O7/c1-45-28-9-6-23(7-10-28)29-12-13-41(35(43)25-4-2-24(3-5-25)30(38)22-37)33(29)34(42)39-27-8-11-31-26(20-27)21-32(48-31)36(44)47-19-16-40-14-17-46-18-15-40/h8,11,20-21,23-25,28-30,33H,2-7,9-10,12-19,22,38H2,1H3,(H,39,42)/t23?,24?,25?,28?,29-,30+,33-/m0/s1. The fourth-order valence-corrected chi connectivity index (χ4v) is 8.40. The number of hydrogen-bond acceptors (Lipinski definition) is 9. The van der Waals surface area contributed by atoms with Crippen molar-refractivity contribution < 1.29 is 37.4 Å². The maximum atomic E-state index is 14.2. The van der Waals surface area contributed by atoms with Gasteiger partial charge in [-0.1, -0.05) is 0 Å². The Morgan fingerprint density at radius 1 is 1.00 bits per heavy atom. The topological polar surface area (TPSA) is 137 Å². The molecule has 0 spiro atoms. The number of hydrogen-bond donors (Lipinski definition) is 2. The Morgan fingerprint density at radius 3 is 2.46 bits per heavy atom. The summed E-state index contributed by atoms with van der Waals surface area (Å²) >= 11 is 0. The fraction of sp³-hybridized carbons (Fsp3) is 0.694. The zero-order valence-corrected chi connectivity index (χ0v) is 28.1. The highest BCUT2D eigenvalue weighted by molar-refractivity contribution is 6.00. The lowest BCUT2D eigenvalue weighted by Crippen LogP contribution is -2.50. The molecule has 2 aromatic rings. The average molecular weight is 671 g/mol. The number of nitrogens with zero attached hydrogens (tertiary/aromatic N) is 2. The van der Waals surface area contributed by atoms with Gasteiger partial charge in [-0.25, -0.2) is 9.18 Å². The van der Waals surface area contributed by atoms with Crippen LogP contribution in [-0.4, -0.2) is 106 Å². The van der Waals surface area contributed by atoms with E-state index in [2.05, 4.69) is 10.2 Å². The predicted octanol–water partition coefficient (Wildman–Crippen LogP) is 4.39. The van der Waals surface area contributed by atoms with Crippen LogP contribution in [0.2, 0.25) is 0 Å². The Labute approximate surface area is 282 Å². The van der Waals surface area contributed by atoms with Crippen LogP contribution >= 0.6 is 0 Å². The number of carbonyl (C=O) groups is 3. The number of anilines is 1. The highest BCUT2D eigenvalue weighted by atomic mass is 19.1. The van der Waals surface area contributed by atoms with E-state index in [4.69, 9.17) is 24.4 Å². The Balaban J connectivity index is 1.13. The van der Waals surface area contributed by atoms with Crippen molar-refractivity contribution in [3.63, 3.8) is 0 Å². The number of esters is 1. The number of alkyl halides is 1. The molecule has 3 N–H and O–H groups in total. The van der Waals surface area contributed by atoms with E-state index in [9.17, 15) is 18.8 Å². The predicted molar refractivity (Wildman–Crippen MR) is 178 cm³/mol. The fourth-order valence-electron chi connectivity index (χ4n) is 8.40. The third kappa shape index (κ3) is 8.04. The van der Waals surface area contributed by atoms with Crippen LogP contribution in [0.25, 0.3) is 11.0 Å². The third-order valence-electron chi connectivity index (χ3n) is 11.3. The lowest BCUT2D eigenvalue weighted by molar-refractivity contribution is -0.142. The molecule has 4 fully saturated rings. The number of amides is 2. The maximum Gasteiger partial charge on any atom is 0.374 e. The third-order valence-corrected chi connectivity index (χ3v) is 11.3. The van der Waals surface area contributed by atoms with Gasteiger partial charge < -0.3 is 34.6 Å². The van der Waals surface area contributed by atoms with Crippen LogP contribution in [-0.2, 0) is 23.8 Å². The molecule has 3 heterocycles. The summed E-state index contributed by atoms with van der Waals surface area (Å²) in [6, 6.07) is 5.85. The van der Waals surface area contributed by atoms with Gasteiger partial charge in [-0.15, -0.1) is 0 Å². The molecule has 0 radical (unpaired) electrons. The van der Waals surface area contributed by atoms with E-state index in [1.54, 1.807) is 31.4 Å². The average Bonchev–Trinajstić information content (AvgIpc) is 3.77. The summed E-state index contributed by atoms with van der Waals surface area (Å²) < 4.78 is 35.4. The molecule has 0 bridgehead atoms. The van der Waals surface area contributed by atoms with Gasteiger partial charge in [0.25, 0.3) is 0 Å². The summed E-state index contributed by atoms with van der Waals surface area (Å²) in [5.41, 5.74) is 7.06. The van der Waals surface area contributed by atoms with Crippen LogP contribution in [0, 0.1) is 23.7 Å². The lowest BCUT2D eigenvalue weighted by atomic mass is 9.75. The van der Waals surface area contributed by atoms with Gasteiger partial charge in [0, 0.05) is 56.3 Å². The summed E-state index contributed by atoms with van der Waals surface area (Å²) in [7, 11) is 1.75. The number of nitrogens with one attached hydrogen (secondary N) is 1. The van der Waals surface area contributed by atoms with Gasteiger partial charge >= 0.3 is 5.97 Å². The van der Waals surface area contributed by atoms with E-state index >= 15 is 0 Å². The van der Waals surface area contributed by atoms with Gasteiger partial charge in [-0.2, -0.15) is 0 Å². The van der Waals surface area contributed by atoms with Crippen LogP contribution in [0.5, 0.6) is 0 Å². The SMILES string of the molecule is COC1CCC([C@@H]2CCN(C(=O)C3CCC([C@H](N)CF)CC3)[C@@H]2C(=O)Nc2ccc3oc(C(=O)OCCN4CCOCC4)cc3c2)CC1. The monoisotopic (exact) mass is 670 g/mol. The molecule has 1 aromatic heterocycles. The quantitative estimate of drug-likeness (QED) is 0.334. The van der Waals surface area contributed by atoms with Crippen molar-refractivity contribution >= 4 is 34.4 Å². The van der Waals surface area contributed by atoms with Crippen LogP contribution in [0.15, 0.2) is 28.7 Å². The van der Waals surface area contributed by atoms with Gasteiger partial charge in [0.1, 0.15) is 24.9 Å². The van der Waals surface area contributed by atoms with Crippen LogP contribution in [0.4, 0.5) is 10.1 Å². The molecular weight excluding hydrogens is 619 g/mol. The molecule has 11 nitrogen and oxygen atoms in total. The summed E-state index contributed by atoms with van der Waals surface area (Å²) in [4.78, 5) is 44.9. The molecule has 2 saturated heterocycles. The van der Waals surface area contributed by atoms with Crippen LogP contribution < -0.4 is 11.1 Å². The molecule has 2 aliphatic heterocycles. The van der Waals surface area contributed by atoms with Crippen molar-refractivity contribution in [2.45, 2.75) is 76.0 Å². The molecule has 1 aromatic carbocycles. The van der Waals surface area contributed by atoms with Crippen molar-refractivity contribution in [3.8, 4) is 0 Å². The number of fused-ring (bicyclic) bond motifs is 1. The van der Waals surface area contributed by atoms with E-state index in [1.165, 1.54) is 0 Å². The van der Waals surface area contributed by atoms with Gasteiger partial charge in [0.15, 0.2) is 0 Å². The van der Waals surface area contributed by atoms with E-state index in [1.807, 2.05) is 4.90 Å². The number of carbonyl (C=O) groups excluding carboxylic acids is 3. The van der Waals surface area contributed by atoms with Gasteiger partial charge in [-0.05, 0) is 99.8 Å². The summed E-state index contributed by atoms with van der Waals surface area (Å²) in [6.45, 7) is 3.89. The van der Waals surface area contributed by atoms with Gasteiger partial charge in [0.05, 0.1) is 19.3 Å². The van der Waals surface area contributed by atoms with Crippen LogP contribution in [0.1, 0.15) is 68.3 Å². The van der Waals surface area contributed by atoms with Gasteiger partial charge in [-0.3, -0.25) is 14.5 Å². The molecule has 2 saturated carbocycles. The molecule has 2 amide bonds. The first kappa shape index (κ1) is 34.8. The highest BCUT2D eigenvalue weighted by Crippen LogP contribution is 2.42. The molecule has 3 atom stereocenters. The molecule has 0 unspecified atom stereocenters. The van der Waals surface area contributed by atoms with E-state index in [0.717, 1.165) is 58.0 Å². The minimum Gasteiger partial charge on any atom is -0.458 e. The summed E-state index contributed by atoms with van der Waals surface area (Å²) in [6.07, 6.45) is 7.65. The zero-order valence-electron chi connectivity index (χ0n) is 28.1. The second kappa shape index (κ2) is 16.1. The summed E-state index contributed by atoms with van der Waals surface area (Å²) in [5, 5.41) is 3.77. The van der Waals surface area contributed by atoms with Crippen LogP contribution in [0.3, 0.4) is 0 Å². The van der Waals surface area contributed by atoms with Crippen molar-refractivity contribution in [2.24, 2.45) is 29.4 Å². The number of nitrogens with two attached hydrogens (primary N) is 1. The second-order valence-electron chi connectivity index (χ2n) is 14.1. The number of likely N-dealkylation sites (tertiary alicyclic amines) is 1. The number of benzene rings is 1. The van der Waals surface area contributed by atoms with Crippen molar-refractivity contribution in [1.82, 2.24) is 9.80 Å². The first-order valence-corrected chi connectivity index (χ1v) is 17.8. The largest absolute Gasteiger partial charge is 0.458 e. The Hall–Kier alpha value is -3.06. The Kier molecular flexibility index (Phi) is 11.7. The van der Waals surface area contributed by atoms with Crippen molar-refractivity contribution in [2.75, 3.05) is 65.1 Å². The number of ether oxygens (including phenoxy) is 3. The van der Waals surface area contributed by atoms with Gasteiger partial charge in [0.2, 0.25) is 17.6 Å². The molecular formula is C36H51FN4O7. The van der Waals surface area contributed by atoms with E-state index in [0.29, 0.717) is 61.7 Å². The Bertz CT molecular complexity index is 1400. The molecule has 2 aliphatic carbocycles. The molecule has 264 valence electrons. The first-order chi connectivity index (χ1) is 23.3. The lowest BCUT2D eigenvalue weighted by Gasteiger charge is -2.37. The molecule has 6 rings (SSSR count). The van der Waals surface area contributed by atoms with Crippen molar-refractivity contribution in [3.05, 3.63) is 30.0 Å². The number of furan rings is 1. The maximum absolute atomic E-state index is 14.2. The van der Waals surface area contributed by atoms with E-state index in [-0.39, 0.29) is 48.0 Å². The first-order valence-electron chi connectivity index (χ1n) is 17.8. The number of rotatable bonds is 11. The Morgan fingerprint density at radius 2 is 1.75 bits per heavy atom. The van der Waals surface area contributed by atoms with Crippen molar-refractivity contribution in [1.29, 1.82) is 0 Å². The number of morpholine rings is 1. The van der Waals surface area contributed by atoms with E-state index < -0.39 is 24.7 Å². The minimum atomic E-state index is -0.579. The normalized spacial score (nSPS) is 29.1. The molecule has 48 heavy (non-hydrogen) atoms. The number of halogens is 1. The summed E-state index contributed by atoms with van der Waals surface area (Å²) in [5.74, 6) is -0.294. The highest BCUT2D eigenvalue weighted by Gasteiger charge is 2.47. The second-order valence-corrected chi connectivity index (χ2v) is 14.1. The number of methoxy groups -OCH3 is 1. The zero-order chi connectivity index (χ0) is 33.6. The molecule has 4 aliphatic rings. The minimum absolute atomic E-state index is 0.0255. The molecule has 12 heteroatoms.